The number of aromatic nitrogens is 4. The van der Waals surface area contributed by atoms with Gasteiger partial charge in [-0.1, -0.05) is 26.7 Å². The first kappa shape index (κ1) is 14.3. The fraction of sp³-hybridized carbons (Fsp3) is 0.600. The summed E-state index contributed by atoms with van der Waals surface area (Å²) in [6.07, 6.45) is 6.91. The number of nitrogens with zero attached hydrogens (tertiary/aromatic N) is 2. The lowest BCUT2D eigenvalue weighted by Gasteiger charge is -2.27. The molecule has 0 unspecified atom stereocenters. The van der Waals surface area contributed by atoms with Crippen LogP contribution in [0.15, 0.2) is 24.5 Å². The molecule has 0 aromatic carbocycles. The van der Waals surface area contributed by atoms with E-state index in [0.717, 1.165) is 37.1 Å². The minimum Gasteiger partial charge on any atom is -0.337 e. The number of hydrogen-bond donors (Lipinski definition) is 2. The average molecular weight is 290 g/mol. The molecule has 0 amide bonds. The predicted octanol–water partition coefficient (Wildman–Crippen LogP) is 3.26. The normalized spacial score (nSPS) is 24.5. The predicted molar refractivity (Wildman–Crippen MR) is 77.4 cm³/mol. The Morgan fingerprint density at radius 1 is 0.952 bits per heavy atom. The van der Waals surface area contributed by atoms with Crippen molar-refractivity contribution in [2.45, 2.75) is 57.5 Å². The van der Waals surface area contributed by atoms with Gasteiger partial charge in [-0.3, -0.25) is 10.2 Å². The van der Waals surface area contributed by atoms with E-state index in [9.17, 15) is 0 Å². The fourth-order valence-corrected chi connectivity index (χ4v) is 3.04. The lowest BCUT2D eigenvalue weighted by Crippen LogP contribution is -2.30. The molecule has 6 heteroatoms. The van der Waals surface area contributed by atoms with Crippen molar-refractivity contribution in [3.8, 4) is 0 Å². The maximum absolute atomic E-state index is 6.37. The van der Waals surface area contributed by atoms with Gasteiger partial charge in [0.05, 0.1) is 11.4 Å². The summed E-state index contributed by atoms with van der Waals surface area (Å²) in [5.74, 6) is -0.519. The second-order valence-corrected chi connectivity index (χ2v) is 5.51. The van der Waals surface area contributed by atoms with E-state index in [-0.39, 0.29) is 12.2 Å². The quantitative estimate of drug-likeness (QED) is 0.856. The summed E-state index contributed by atoms with van der Waals surface area (Å²) < 4.78 is 12.7. The molecule has 2 aromatic rings. The number of ether oxygens (including phenoxy) is 2. The molecule has 0 bridgehead atoms. The number of hydrogen-bond acceptors (Lipinski definition) is 4. The van der Waals surface area contributed by atoms with Crippen LogP contribution in [-0.4, -0.2) is 26.2 Å². The van der Waals surface area contributed by atoms with Gasteiger partial charge >= 0.3 is 0 Å². The summed E-state index contributed by atoms with van der Waals surface area (Å²) >= 11 is 0. The molecule has 0 radical (unpaired) electrons. The second-order valence-electron chi connectivity index (χ2n) is 5.51. The van der Waals surface area contributed by atoms with Crippen LogP contribution in [0.2, 0.25) is 0 Å². The van der Waals surface area contributed by atoms with Crippen LogP contribution in [0, 0.1) is 0 Å². The van der Waals surface area contributed by atoms with E-state index in [2.05, 4.69) is 34.2 Å². The standard InChI is InChI=1S/C15H22N4O2/c1-3-7-15(8-4-2)20-13(11-5-9-16-18-11)14(21-15)12-6-10-17-19-12/h5-6,9-10,13-14H,3-4,7-8H2,1-2H3,(H,16,18)(H,17,19)/t13-,14-/m0/s1. The molecule has 2 N–H and O–H groups in total. The SMILES string of the molecule is CCCC1(CCC)O[C@@H](c2ccn[nH]2)[C@H](c2ccn[nH]2)O1. The van der Waals surface area contributed by atoms with E-state index in [1.807, 2.05) is 12.1 Å². The Morgan fingerprint density at radius 3 is 1.76 bits per heavy atom. The number of aromatic amines is 2. The van der Waals surface area contributed by atoms with Crippen LogP contribution in [0.25, 0.3) is 0 Å². The monoisotopic (exact) mass is 290 g/mol. The third-order valence-electron chi connectivity index (χ3n) is 3.88. The Bertz CT molecular complexity index is 488. The van der Waals surface area contributed by atoms with Crippen molar-refractivity contribution >= 4 is 0 Å². The van der Waals surface area contributed by atoms with Crippen molar-refractivity contribution in [2.24, 2.45) is 0 Å². The summed E-state index contributed by atoms with van der Waals surface area (Å²) in [7, 11) is 0. The molecule has 3 rings (SSSR count). The molecule has 0 aliphatic carbocycles. The Hall–Kier alpha value is -1.66. The second kappa shape index (κ2) is 5.99. The van der Waals surface area contributed by atoms with Crippen LogP contribution in [0.1, 0.15) is 63.1 Å². The maximum Gasteiger partial charge on any atom is 0.170 e. The van der Waals surface area contributed by atoms with E-state index in [0.29, 0.717) is 0 Å². The van der Waals surface area contributed by atoms with Crippen molar-refractivity contribution in [3.63, 3.8) is 0 Å². The van der Waals surface area contributed by atoms with Crippen molar-refractivity contribution < 1.29 is 9.47 Å². The zero-order chi connectivity index (χ0) is 14.7. The number of H-pyrrole nitrogens is 2. The lowest BCUT2D eigenvalue weighted by atomic mass is 10.1. The van der Waals surface area contributed by atoms with Crippen LogP contribution >= 0.6 is 0 Å². The first-order valence-corrected chi connectivity index (χ1v) is 7.62. The molecule has 2 atom stereocenters. The molecule has 114 valence electrons. The number of rotatable bonds is 6. The summed E-state index contributed by atoms with van der Waals surface area (Å²) in [5.41, 5.74) is 1.87. The molecule has 1 fully saturated rings. The van der Waals surface area contributed by atoms with Crippen molar-refractivity contribution in [2.75, 3.05) is 0 Å². The largest absolute Gasteiger partial charge is 0.337 e. The highest BCUT2D eigenvalue weighted by molar-refractivity contribution is 5.15. The highest BCUT2D eigenvalue weighted by atomic mass is 16.8. The van der Waals surface area contributed by atoms with Gasteiger partial charge in [-0.2, -0.15) is 10.2 Å². The van der Waals surface area contributed by atoms with Crippen molar-refractivity contribution in [3.05, 3.63) is 35.9 Å². The summed E-state index contributed by atoms with van der Waals surface area (Å²) in [4.78, 5) is 0. The molecule has 2 aromatic heterocycles. The molecule has 1 aliphatic heterocycles. The van der Waals surface area contributed by atoms with Gasteiger partial charge in [0, 0.05) is 25.2 Å². The Kier molecular flexibility index (Phi) is 4.07. The van der Waals surface area contributed by atoms with Gasteiger partial charge in [0.15, 0.2) is 5.79 Å². The third-order valence-corrected chi connectivity index (χ3v) is 3.88. The van der Waals surface area contributed by atoms with E-state index < -0.39 is 5.79 Å². The van der Waals surface area contributed by atoms with Gasteiger partial charge < -0.3 is 9.47 Å². The minimum atomic E-state index is -0.519. The Labute approximate surface area is 124 Å². The van der Waals surface area contributed by atoms with E-state index in [4.69, 9.17) is 9.47 Å². The summed E-state index contributed by atoms with van der Waals surface area (Å²) in [6.45, 7) is 4.30. The Balaban J connectivity index is 1.92. The van der Waals surface area contributed by atoms with Gasteiger partial charge in [0.1, 0.15) is 12.2 Å². The van der Waals surface area contributed by atoms with Crippen molar-refractivity contribution in [1.29, 1.82) is 0 Å². The lowest BCUT2D eigenvalue weighted by molar-refractivity contribution is -0.186. The van der Waals surface area contributed by atoms with Gasteiger partial charge in [-0.05, 0) is 12.1 Å². The fourth-order valence-electron chi connectivity index (χ4n) is 3.04. The smallest absolute Gasteiger partial charge is 0.170 e. The van der Waals surface area contributed by atoms with E-state index in [1.54, 1.807) is 12.4 Å². The minimum absolute atomic E-state index is 0.189. The molecule has 3 heterocycles. The molecular formula is C15H22N4O2. The van der Waals surface area contributed by atoms with Gasteiger partial charge in [-0.25, -0.2) is 0 Å². The van der Waals surface area contributed by atoms with Crippen molar-refractivity contribution in [1.82, 2.24) is 20.4 Å². The maximum atomic E-state index is 6.37. The molecule has 0 saturated carbocycles. The first-order valence-electron chi connectivity index (χ1n) is 7.62. The topological polar surface area (TPSA) is 75.8 Å². The van der Waals surface area contributed by atoms with E-state index >= 15 is 0 Å². The average Bonchev–Trinajstić information content (AvgIpc) is 3.20. The molecule has 1 saturated heterocycles. The van der Waals surface area contributed by atoms with Gasteiger partial charge in [0.2, 0.25) is 0 Å². The zero-order valence-electron chi connectivity index (χ0n) is 12.5. The zero-order valence-corrected chi connectivity index (χ0v) is 12.5. The van der Waals surface area contributed by atoms with Crippen LogP contribution < -0.4 is 0 Å². The summed E-state index contributed by atoms with van der Waals surface area (Å²) in [5, 5.41) is 14.1. The highest BCUT2D eigenvalue weighted by Gasteiger charge is 2.48. The highest BCUT2D eigenvalue weighted by Crippen LogP contribution is 2.49. The molecule has 0 spiro atoms. The van der Waals surface area contributed by atoms with Crippen LogP contribution in [0.4, 0.5) is 0 Å². The van der Waals surface area contributed by atoms with E-state index in [1.165, 1.54) is 0 Å². The number of nitrogens with one attached hydrogen (secondary N) is 2. The molecule has 6 nitrogen and oxygen atoms in total. The third kappa shape index (κ3) is 2.73. The van der Waals surface area contributed by atoms with Gasteiger partial charge in [-0.15, -0.1) is 0 Å². The Morgan fingerprint density at radius 2 is 1.43 bits per heavy atom. The summed E-state index contributed by atoms with van der Waals surface area (Å²) in [6, 6.07) is 3.87. The van der Waals surface area contributed by atoms with Crippen LogP contribution in [0.5, 0.6) is 0 Å². The van der Waals surface area contributed by atoms with Gasteiger partial charge in [0.25, 0.3) is 0 Å². The van der Waals surface area contributed by atoms with Crippen LogP contribution in [-0.2, 0) is 9.47 Å². The molecule has 21 heavy (non-hydrogen) atoms. The first-order chi connectivity index (χ1) is 10.3. The molecule has 1 aliphatic rings. The van der Waals surface area contributed by atoms with Crippen LogP contribution in [0.3, 0.4) is 0 Å². The molecular weight excluding hydrogens is 268 g/mol.